The zero-order valence-corrected chi connectivity index (χ0v) is 15.7. The van der Waals surface area contributed by atoms with E-state index in [2.05, 4.69) is 12.0 Å². The van der Waals surface area contributed by atoms with Gasteiger partial charge in [0.2, 0.25) is 5.88 Å². The number of benzene rings is 1. The van der Waals surface area contributed by atoms with Crippen LogP contribution >= 0.6 is 0 Å². The van der Waals surface area contributed by atoms with E-state index in [0.29, 0.717) is 22.7 Å². The van der Waals surface area contributed by atoms with E-state index in [1.807, 2.05) is 58.9 Å². The maximum absolute atomic E-state index is 12.6. The highest BCUT2D eigenvalue weighted by molar-refractivity contribution is 6.11. The molecule has 4 heteroatoms. The van der Waals surface area contributed by atoms with E-state index >= 15 is 0 Å². The van der Waals surface area contributed by atoms with E-state index in [1.165, 1.54) is 0 Å². The van der Waals surface area contributed by atoms with Crippen LogP contribution in [0.3, 0.4) is 0 Å². The molecule has 0 aliphatic carbocycles. The molecule has 0 spiro atoms. The lowest BCUT2D eigenvalue weighted by Crippen LogP contribution is -2.05. The molecule has 2 rings (SSSR count). The minimum atomic E-state index is -0.0437. The first-order chi connectivity index (χ1) is 11.1. The second-order valence-corrected chi connectivity index (χ2v) is 4.48. The third-order valence-electron chi connectivity index (χ3n) is 3.19. The van der Waals surface area contributed by atoms with Gasteiger partial charge in [0.25, 0.3) is 0 Å². The molecule has 2 aromatic rings. The van der Waals surface area contributed by atoms with Gasteiger partial charge in [-0.2, -0.15) is 5.10 Å². The molecular formula is C19H30N2O2. The Morgan fingerprint density at radius 2 is 1.83 bits per heavy atom. The van der Waals surface area contributed by atoms with Crippen LogP contribution in [0.4, 0.5) is 0 Å². The Morgan fingerprint density at radius 3 is 2.35 bits per heavy atom. The SMILES string of the molecule is CC.CC.CCc1cccc(C(=O)c2c(C)nn(C)c2OC)c1. The lowest BCUT2D eigenvalue weighted by molar-refractivity contribution is 0.103. The fourth-order valence-electron chi connectivity index (χ4n) is 2.21. The molecule has 0 fully saturated rings. The van der Waals surface area contributed by atoms with Crippen molar-refractivity contribution in [3.05, 3.63) is 46.6 Å². The van der Waals surface area contributed by atoms with Crippen LogP contribution in [0.5, 0.6) is 5.88 Å². The first-order valence-electron chi connectivity index (χ1n) is 8.29. The summed E-state index contributed by atoms with van der Waals surface area (Å²) in [7, 11) is 3.32. The van der Waals surface area contributed by atoms with Crippen molar-refractivity contribution in [2.45, 2.75) is 48.0 Å². The number of ether oxygens (including phenoxy) is 1. The van der Waals surface area contributed by atoms with Crippen molar-refractivity contribution in [3.63, 3.8) is 0 Å². The largest absolute Gasteiger partial charge is 0.481 e. The van der Waals surface area contributed by atoms with E-state index in [-0.39, 0.29) is 5.78 Å². The lowest BCUT2D eigenvalue weighted by atomic mass is 10.0. The van der Waals surface area contributed by atoms with Gasteiger partial charge in [-0.15, -0.1) is 0 Å². The molecule has 128 valence electrons. The van der Waals surface area contributed by atoms with Gasteiger partial charge in [-0.1, -0.05) is 52.8 Å². The van der Waals surface area contributed by atoms with Crippen LogP contribution in [-0.4, -0.2) is 22.7 Å². The van der Waals surface area contributed by atoms with Gasteiger partial charge in [0.15, 0.2) is 5.78 Å². The Labute approximate surface area is 140 Å². The maximum Gasteiger partial charge on any atom is 0.223 e. The van der Waals surface area contributed by atoms with E-state index in [0.717, 1.165) is 12.0 Å². The summed E-state index contributed by atoms with van der Waals surface area (Å²) in [6, 6.07) is 7.68. The van der Waals surface area contributed by atoms with Crippen LogP contribution < -0.4 is 4.74 Å². The van der Waals surface area contributed by atoms with Gasteiger partial charge < -0.3 is 4.74 Å². The predicted molar refractivity (Wildman–Crippen MR) is 96.4 cm³/mol. The van der Waals surface area contributed by atoms with Crippen molar-refractivity contribution < 1.29 is 9.53 Å². The fourth-order valence-corrected chi connectivity index (χ4v) is 2.21. The standard InChI is InChI=1S/C15H18N2O2.2C2H6/c1-5-11-7-6-8-12(9-11)14(18)13-10(2)16-17(3)15(13)19-4;2*1-2/h6-9H,5H2,1-4H3;2*1-2H3. The van der Waals surface area contributed by atoms with Gasteiger partial charge >= 0.3 is 0 Å². The summed E-state index contributed by atoms with van der Waals surface area (Å²) in [5.41, 5.74) is 3.05. The molecule has 0 atom stereocenters. The Morgan fingerprint density at radius 1 is 1.22 bits per heavy atom. The Kier molecular flexibility index (Phi) is 9.63. The number of ketones is 1. The number of hydrogen-bond donors (Lipinski definition) is 0. The molecule has 23 heavy (non-hydrogen) atoms. The summed E-state index contributed by atoms with van der Waals surface area (Å²) in [4.78, 5) is 12.6. The van der Waals surface area contributed by atoms with Crippen LogP contribution in [0.2, 0.25) is 0 Å². The molecule has 0 N–H and O–H groups in total. The summed E-state index contributed by atoms with van der Waals surface area (Å²) in [6.07, 6.45) is 0.907. The Balaban J connectivity index is 0.00000112. The fraction of sp³-hybridized carbons (Fsp3) is 0.474. The molecule has 0 unspecified atom stereocenters. The van der Waals surface area contributed by atoms with Crippen molar-refractivity contribution >= 4 is 5.78 Å². The zero-order valence-electron chi connectivity index (χ0n) is 15.7. The van der Waals surface area contributed by atoms with Gasteiger partial charge in [-0.25, -0.2) is 4.68 Å². The summed E-state index contributed by atoms with van der Waals surface area (Å²) in [5.74, 6) is 0.460. The molecule has 1 aromatic carbocycles. The van der Waals surface area contributed by atoms with Gasteiger partial charge in [-0.3, -0.25) is 4.79 Å². The predicted octanol–water partition coefficient (Wildman–Crippen LogP) is 4.58. The summed E-state index contributed by atoms with van der Waals surface area (Å²) in [5, 5.41) is 4.24. The highest BCUT2D eigenvalue weighted by atomic mass is 16.5. The number of nitrogens with zero attached hydrogens (tertiary/aromatic N) is 2. The molecule has 0 radical (unpaired) electrons. The maximum atomic E-state index is 12.6. The molecule has 0 saturated carbocycles. The number of carbonyl (C=O) groups is 1. The average Bonchev–Trinajstić information content (AvgIpc) is 2.91. The Hall–Kier alpha value is -2.10. The quantitative estimate of drug-likeness (QED) is 0.775. The molecule has 0 saturated heterocycles. The third-order valence-corrected chi connectivity index (χ3v) is 3.19. The second kappa shape index (κ2) is 10.6. The van der Waals surface area contributed by atoms with E-state index in [4.69, 9.17) is 4.74 Å². The molecule has 0 aliphatic rings. The van der Waals surface area contributed by atoms with Crippen molar-refractivity contribution in [3.8, 4) is 5.88 Å². The van der Waals surface area contributed by atoms with E-state index < -0.39 is 0 Å². The Bertz CT molecular complexity index is 616. The topological polar surface area (TPSA) is 44.1 Å². The van der Waals surface area contributed by atoms with Gasteiger partial charge in [0.1, 0.15) is 5.56 Å². The van der Waals surface area contributed by atoms with Crippen molar-refractivity contribution in [2.75, 3.05) is 7.11 Å². The summed E-state index contributed by atoms with van der Waals surface area (Å²) >= 11 is 0. The minimum Gasteiger partial charge on any atom is -0.481 e. The number of methoxy groups -OCH3 is 1. The number of rotatable bonds is 4. The molecule has 0 amide bonds. The highest BCUT2D eigenvalue weighted by Crippen LogP contribution is 2.24. The zero-order chi connectivity index (χ0) is 18.0. The van der Waals surface area contributed by atoms with Crippen molar-refractivity contribution in [1.82, 2.24) is 9.78 Å². The van der Waals surface area contributed by atoms with Crippen LogP contribution in [0.1, 0.15) is 61.8 Å². The summed E-state index contributed by atoms with van der Waals surface area (Å²) < 4.78 is 6.87. The number of carbonyl (C=O) groups excluding carboxylic acids is 1. The molecule has 0 bridgehead atoms. The smallest absolute Gasteiger partial charge is 0.223 e. The monoisotopic (exact) mass is 318 g/mol. The first-order valence-corrected chi connectivity index (χ1v) is 8.29. The normalized spacial score (nSPS) is 9.22. The van der Waals surface area contributed by atoms with E-state index in [1.54, 1.807) is 18.8 Å². The number of aromatic nitrogens is 2. The number of hydrogen-bond acceptors (Lipinski definition) is 3. The molecular weight excluding hydrogens is 288 g/mol. The number of aryl methyl sites for hydroxylation is 3. The summed E-state index contributed by atoms with van der Waals surface area (Å²) in [6.45, 7) is 11.9. The molecule has 0 aliphatic heterocycles. The second-order valence-electron chi connectivity index (χ2n) is 4.48. The molecule has 4 nitrogen and oxygen atoms in total. The van der Waals surface area contributed by atoms with Crippen molar-refractivity contribution in [1.29, 1.82) is 0 Å². The van der Waals surface area contributed by atoms with Gasteiger partial charge in [0, 0.05) is 12.6 Å². The highest BCUT2D eigenvalue weighted by Gasteiger charge is 2.22. The molecule has 1 aromatic heterocycles. The third kappa shape index (κ3) is 4.95. The van der Waals surface area contributed by atoms with Crippen LogP contribution in [0.25, 0.3) is 0 Å². The van der Waals surface area contributed by atoms with E-state index in [9.17, 15) is 4.79 Å². The van der Waals surface area contributed by atoms with Crippen molar-refractivity contribution in [2.24, 2.45) is 7.05 Å². The van der Waals surface area contributed by atoms with Crippen LogP contribution in [-0.2, 0) is 13.5 Å². The minimum absolute atomic E-state index is 0.0437. The van der Waals surface area contributed by atoms with Gasteiger partial charge in [-0.05, 0) is 25.0 Å². The molecule has 1 heterocycles. The lowest BCUT2D eigenvalue weighted by Gasteiger charge is -2.05. The van der Waals surface area contributed by atoms with Crippen LogP contribution in [0, 0.1) is 6.92 Å². The van der Waals surface area contributed by atoms with Crippen LogP contribution in [0.15, 0.2) is 24.3 Å². The van der Waals surface area contributed by atoms with Gasteiger partial charge in [0.05, 0.1) is 12.8 Å². The average molecular weight is 318 g/mol. The first kappa shape index (κ1) is 20.9.